The largest absolute Gasteiger partial charge is 0.497 e. The summed E-state index contributed by atoms with van der Waals surface area (Å²) in [6, 6.07) is 74.8. The van der Waals surface area contributed by atoms with Crippen LogP contribution in [0.5, 0.6) is 5.75 Å². The number of fused-ring (bicyclic) bond motifs is 6. The van der Waals surface area contributed by atoms with Crippen molar-refractivity contribution in [2.45, 2.75) is 45.4 Å². The van der Waals surface area contributed by atoms with Crippen molar-refractivity contribution in [1.29, 1.82) is 0 Å². The Balaban J connectivity index is 0.000000162. The van der Waals surface area contributed by atoms with Crippen LogP contribution in [0.2, 0.25) is 0 Å². The lowest BCUT2D eigenvalue weighted by Gasteiger charge is -2.43. The van der Waals surface area contributed by atoms with E-state index in [0.29, 0.717) is 0 Å². The molecule has 0 spiro atoms. The molecule has 338 valence electrons. The average molecular weight is 1020 g/mol. The van der Waals surface area contributed by atoms with Crippen molar-refractivity contribution in [1.82, 2.24) is 0 Å². The summed E-state index contributed by atoms with van der Waals surface area (Å²) in [7, 11) is 1.71. The highest BCUT2D eigenvalue weighted by atomic mass is 79.9. The maximum Gasteiger partial charge on any atom is 0.118 e. The highest BCUT2D eigenvalue weighted by Gasteiger charge is 2.39. The van der Waals surface area contributed by atoms with Gasteiger partial charge in [-0.25, -0.2) is 0 Å². The molecule has 2 aliphatic rings. The van der Waals surface area contributed by atoms with Crippen LogP contribution in [0.4, 0.5) is 34.1 Å². The van der Waals surface area contributed by atoms with Gasteiger partial charge >= 0.3 is 0 Å². The van der Waals surface area contributed by atoms with Crippen LogP contribution in [-0.2, 0) is 10.8 Å². The Morgan fingerprint density at radius 1 is 0.362 bits per heavy atom. The number of benzene rings is 10. The minimum Gasteiger partial charge on any atom is -0.497 e. The Labute approximate surface area is 422 Å². The van der Waals surface area contributed by atoms with E-state index < -0.39 is 0 Å². The van der Waals surface area contributed by atoms with Crippen LogP contribution in [0.3, 0.4) is 0 Å². The summed E-state index contributed by atoms with van der Waals surface area (Å²) in [5.74, 6) is 0.867. The van der Waals surface area contributed by atoms with E-state index in [1.165, 1.54) is 106 Å². The monoisotopic (exact) mass is 1020 g/mol. The normalized spacial score (nSPS) is 14.0. The second-order valence-corrected chi connectivity index (χ2v) is 21.1. The molecule has 0 fully saturated rings. The molecule has 2 heterocycles. The molecular weight excluding hydrogens is 973 g/mol. The highest BCUT2D eigenvalue weighted by Crippen LogP contribution is 2.56. The molecule has 0 radical (unpaired) electrons. The van der Waals surface area contributed by atoms with E-state index in [9.17, 15) is 0 Å². The van der Waals surface area contributed by atoms with Crippen molar-refractivity contribution in [3.8, 4) is 28.0 Å². The minimum atomic E-state index is -0.213. The lowest BCUT2D eigenvalue weighted by atomic mass is 9.72. The van der Waals surface area contributed by atoms with Crippen LogP contribution in [-0.4, -0.2) is 7.11 Å². The van der Waals surface area contributed by atoms with Crippen LogP contribution in [0.15, 0.2) is 215 Å². The third-order valence-electron chi connectivity index (χ3n) is 14.4. The molecule has 0 amide bonds. The standard InChI is InChI=1S/C39H33NO.C25H19Br2N/c1-26-12-14-27(15-13-26)30-18-22-37-34(24-30)39(2,3)35-25-31(28-16-20-32(41-4)21-17-28)19-23-38(35)40(37)36-11-7-9-29-8-5-6-10-33(29)36;1-25(2)20-14-17(26)10-12-23(20)28(24-13-11-18(27)15-21(24)25)22-9-5-7-16-6-3-4-8-19(16)22/h5-25H,1-4H3;3-15H,1-2H3. The number of rotatable bonds is 5. The molecule has 0 atom stereocenters. The van der Waals surface area contributed by atoms with Crippen LogP contribution in [0.25, 0.3) is 43.8 Å². The molecule has 10 aromatic carbocycles. The molecular formula is C64H52Br2N2O. The van der Waals surface area contributed by atoms with Crippen molar-refractivity contribution in [2.75, 3.05) is 16.9 Å². The molecule has 0 aromatic heterocycles. The number of hydrogen-bond donors (Lipinski definition) is 0. The second kappa shape index (κ2) is 17.6. The van der Waals surface area contributed by atoms with Gasteiger partial charge in [0.25, 0.3) is 0 Å². The van der Waals surface area contributed by atoms with Gasteiger partial charge in [0.05, 0.1) is 41.2 Å². The third kappa shape index (κ3) is 7.82. The van der Waals surface area contributed by atoms with Crippen molar-refractivity contribution < 1.29 is 4.74 Å². The molecule has 5 heteroatoms. The summed E-state index contributed by atoms with van der Waals surface area (Å²) < 4.78 is 7.63. The van der Waals surface area contributed by atoms with Gasteiger partial charge in [-0.2, -0.15) is 0 Å². The summed E-state index contributed by atoms with van der Waals surface area (Å²) in [5.41, 5.74) is 18.4. The molecule has 0 aliphatic carbocycles. The lowest BCUT2D eigenvalue weighted by molar-refractivity contribution is 0.415. The zero-order valence-electron chi connectivity index (χ0n) is 39.7. The fourth-order valence-electron chi connectivity index (χ4n) is 10.6. The Kier molecular flexibility index (Phi) is 11.3. The molecule has 10 aromatic rings. The van der Waals surface area contributed by atoms with E-state index in [1.54, 1.807) is 7.11 Å². The third-order valence-corrected chi connectivity index (χ3v) is 15.4. The van der Waals surface area contributed by atoms with Gasteiger partial charge < -0.3 is 14.5 Å². The van der Waals surface area contributed by atoms with Gasteiger partial charge in [-0.1, -0.05) is 186 Å². The molecule has 0 bridgehead atoms. The zero-order chi connectivity index (χ0) is 47.6. The predicted molar refractivity (Wildman–Crippen MR) is 299 cm³/mol. The molecule has 0 N–H and O–H groups in total. The van der Waals surface area contributed by atoms with E-state index in [1.807, 2.05) is 12.1 Å². The van der Waals surface area contributed by atoms with E-state index in [4.69, 9.17) is 4.74 Å². The van der Waals surface area contributed by atoms with Crippen molar-refractivity contribution >= 4 is 87.5 Å². The number of nitrogens with zero attached hydrogens (tertiary/aromatic N) is 2. The first-order valence-corrected chi connectivity index (χ1v) is 25.2. The molecule has 3 nitrogen and oxygen atoms in total. The zero-order valence-corrected chi connectivity index (χ0v) is 42.9. The van der Waals surface area contributed by atoms with Gasteiger partial charge in [-0.15, -0.1) is 0 Å². The number of ether oxygens (including phenoxy) is 1. The highest BCUT2D eigenvalue weighted by molar-refractivity contribution is 9.10. The Bertz CT molecular complexity index is 3530. The van der Waals surface area contributed by atoms with Crippen molar-refractivity contribution in [3.05, 3.63) is 243 Å². The van der Waals surface area contributed by atoms with Crippen LogP contribution < -0.4 is 14.5 Å². The van der Waals surface area contributed by atoms with Gasteiger partial charge in [0.15, 0.2) is 0 Å². The predicted octanol–water partition coefficient (Wildman–Crippen LogP) is 19.1. The first-order valence-electron chi connectivity index (χ1n) is 23.6. The average Bonchev–Trinajstić information content (AvgIpc) is 3.37. The molecule has 0 saturated carbocycles. The maximum atomic E-state index is 5.41. The fraction of sp³-hybridized carbons (Fsp3) is 0.125. The first-order chi connectivity index (χ1) is 33.4. The Hall–Kier alpha value is -6.92. The SMILES string of the molecule is CC1(C)c2cc(Br)ccc2N(c2cccc3ccccc23)c2ccc(Br)cc21.COc1ccc(-c2ccc3c(c2)C(C)(C)c2cc(-c4ccc(C)cc4)ccc2N3c2cccc3ccccc23)cc1. The number of halogens is 2. The summed E-state index contributed by atoms with van der Waals surface area (Å²) in [4.78, 5) is 4.88. The maximum absolute atomic E-state index is 5.41. The van der Waals surface area contributed by atoms with Crippen LogP contribution >= 0.6 is 31.9 Å². The quantitative estimate of drug-likeness (QED) is 0.171. The summed E-state index contributed by atoms with van der Waals surface area (Å²) in [6.07, 6.45) is 0. The molecule has 0 unspecified atom stereocenters. The van der Waals surface area contributed by atoms with E-state index >= 15 is 0 Å². The summed E-state index contributed by atoms with van der Waals surface area (Å²) in [5, 5.41) is 4.99. The smallest absolute Gasteiger partial charge is 0.118 e. The fourth-order valence-corrected chi connectivity index (χ4v) is 11.4. The van der Waals surface area contributed by atoms with Crippen molar-refractivity contribution in [2.24, 2.45) is 0 Å². The molecule has 0 saturated heterocycles. The number of methoxy groups -OCH3 is 1. The summed E-state index contributed by atoms with van der Waals surface area (Å²) >= 11 is 7.37. The molecule has 69 heavy (non-hydrogen) atoms. The topological polar surface area (TPSA) is 15.7 Å². The van der Waals surface area contributed by atoms with Crippen molar-refractivity contribution in [3.63, 3.8) is 0 Å². The van der Waals surface area contributed by atoms with Crippen LogP contribution in [0.1, 0.15) is 55.5 Å². The lowest BCUT2D eigenvalue weighted by Crippen LogP contribution is -2.30. The Morgan fingerprint density at radius 3 is 1.16 bits per heavy atom. The number of aryl methyl sites for hydroxylation is 1. The van der Waals surface area contributed by atoms with E-state index in [2.05, 4.69) is 270 Å². The summed E-state index contributed by atoms with van der Waals surface area (Å²) in [6.45, 7) is 11.5. The van der Waals surface area contributed by atoms with Gasteiger partial charge in [0, 0.05) is 30.5 Å². The van der Waals surface area contributed by atoms with Gasteiger partial charge in [-0.05, 0) is 147 Å². The molecule has 2 aliphatic heterocycles. The van der Waals surface area contributed by atoms with Gasteiger partial charge in [0.1, 0.15) is 5.75 Å². The van der Waals surface area contributed by atoms with E-state index in [0.717, 1.165) is 14.7 Å². The van der Waals surface area contributed by atoms with Gasteiger partial charge in [-0.3, -0.25) is 0 Å². The Morgan fingerprint density at radius 2 is 0.725 bits per heavy atom. The number of hydrogen-bond acceptors (Lipinski definition) is 3. The van der Waals surface area contributed by atoms with Gasteiger partial charge in [0.2, 0.25) is 0 Å². The van der Waals surface area contributed by atoms with Crippen LogP contribution in [0, 0.1) is 6.92 Å². The first kappa shape index (κ1) is 44.6. The molecule has 12 rings (SSSR count). The van der Waals surface area contributed by atoms with E-state index in [-0.39, 0.29) is 10.8 Å². The number of anilines is 6. The minimum absolute atomic E-state index is 0.0979. The second-order valence-electron chi connectivity index (χ2n) is 19.3.